The van der Waals surface area contributed by atoms with Gasteiger partial charge in [0.25, 0.3) is 5.91 Å². The minimum absolute atomic E-state index is 0.00753. The molecule has 10 nitrogen and oxygen atoms in total. The molecule has 206 valence electrons. The fourth-order valence-electron chi connectivity index (χ4n) is 5.74. The van der Waals surface area contributed by atoms with Gasteiger partial charge in [-0.25, -0.2) is 0 Å². The molecule has 2 atom stereocenters. The lowest BCUT2D eigenvalue weighted by molar-refractivity contribution is -0.137. The largest absolute Gasteiger partial charge is 0.454 e. The van der Waals surface area contributed by atoms with Crippen LogP contribution in [-0.2, 0) is 20.4 Å². The van der Waals surface area contributed by atoms with E-state index >= 15 is 0 Å². The van der Waals surface area contributed by atoms with Crippen molar-refractivity contribution in [3.63, 3.8) is 0 Å². The Kier molecular flexibility index (Phi) is 6.66. The number of likely N-dealkylation sites (tertiary alicyclic amines) is 1. The Balaban J connectivity index is 1.05. The maximum absolute atomic E-state index is 13.3. The molecule has 3 saturated heterocycles. The van der Waals surface area contributed by atoms with Crippen LogP contribution in [-0.4, -0.2) is 88.6 Å². The van der Waals surface area contributed by atoms with E-state index in [1.54, 1.807) is 21.9 Å². The zero-order valence-electron chi connectivity index (χ0n) is 21.5. The van der Waals surface area contributed by atoms with Crippen LogP contribution in [0.15, 0.2) is 41.3 Å². The molecule has 4 aliphatic rings. The fourth-order valence-corrected chi connectivity index (χ4v) is 7.24. The van der Waals surface area contributed by atoms with Crippen molar-refractivity contribution in [1.29, 1.82) is 0 Å². The Hall–Kier alpha value is -3.31. The quantitative estimate of drug-likeness (QED) is 0.584. The van der Waals surface area contributed by atoms with E-state index in [4.69, 9.17) is 21.1 Å². The molecule has 2 aromatic carbocycles. The van der Waals surface area contributed by atoms with E-state index in [0.29, 0.717) is 56.0 Å². The summed E-state index contributed by atoms with van der Waals surface area (Å²) in [6.45, 7) is 4.90. The summed E-state index contributed by atoms with van der Waals surface area (Å²) in [6.07, 6.45) is 1.19. The van der Waals surface area contributed by atoms with Gasteiger partial charge in [0.1, 0.15) is 5.75 Å². The van der Waals surface area contributed by atoms with Gasteiger partial charge in [0.15, 0.2) is 11.5 Å². The van der Waals surface area contributed by atoms with Crippen molar-refractivity contribution in [3.8, 4) is 11.5 Å². The number of nitrogens with zero attached hydrogens (tertiary/aromatic N) is 3. The van der Waals surface area contributed by atoms with Crippen molar-refractivity contribution < 1.29 is 28.1 Å². The van der Waals surface area contributed by atoms with Crippen LogP contribution in [0.25, 0.3) is 0 Å². The number of anilines is 1. The monoisotopic (exact) mass is 572 g/mol. The highest BCUT2D eigenvalue weighted by atomic mass is 35.5. The molecule has 6 rings (SSSR count). The van der Waals surface area contributed by atoms with Crippen LogP contribution in [0.4, 0.5) is 5.69 Å². The molecule has 0 radical (unpaired) electrons. The van der Waals surface area contributed by atoms with Crippen molar-refractivity contribution in [2.75, 3.05) is 50.2 Å². The van der Waals surface area contributed by atoms with Gasteiger partial charge in [0, 0.05) is 62.5 Å². The summed E-state index contributed by atoms with van der Waals surface area (Å²) in [5, 5.41) is 3.13. The molecule has 4 aliphatic heterocycles. The number of piperazine rings is 1. The van der Waals surface area contributed by atoms with Crippen molar-refractivity contribution in [1.82, 2.24) is 15.1 Å². The van der Waals surface area contributed by atoms with Crippen LogP contribution in [0.3, 0.4) is 0 Å². The summed E-state index contributed by atoms with van der Waals surface area (Å²) in [4.78, 5) is 43.4. The van der Waals surface area contributed by atoms with Gasteiger partial charge in [0.2, 0.25) is 18.6 Å². The highest BCUT2D eigenvalue weighted by Gasteiger charge is 2.49. The maximum Gasteiger partial charge on any atom is 0.254 e. The van der Waals surface area contributed by atoms with Crippen molar-refractivity contribution in [2.45, 2.75) is 36.2 Å². The van der Waals surface area contributed by atoms with E-state index in [2.05, 4.69) is 17.1 Å². The summed E-state index contributed by atoms with van der Waals surface area (Å²) in [7, 11) is -1.65. The van der Waals surface area contributed by atoms with Crippen molar-refractivity contribution in [2.24, 2.45) is 0 Å². The van der Waals surface area contributed by atoms with Gasteiger partial charge in [-0.15, -0.1) is 0 Å². The van der Waals surface area contributed by atoms with E-state index in [9.17, 15) is 18.6 Å². The molecule has 1 spiro atoms. The smallest absolute Gasteiger partial charge is 0.254 e. The van der Waals surface area contributed by atoms with Gasteiger partial charge in [-0.3, -0.25) is 18.6 Å². The number of ether oxygens (including phenoxy) is 2. The van der Waals surface area contributed by atoms with Gasteiger partial charge in [0.05, 0.1) is 26.3 Å². The third-order valence-electron chi connectivity index (χ3n) is 7.86. The maximum atomic E-state index is 13.3. The normalized spacial score (nSPS) is 22.1. The van der Waals surface area contributed by atoms with Crippen LogP contribution >= 0.6 is 11.6 Å². The summed E-state index contributed by atoms with van der Waals surface area (Å²) >= 11 is 6.44. The lowest BCUT2D eigenvalue weighted by Crippen LogP contribution is -2.68. The highest BCUT2D eigenvalue weighted by molar-refractivity contribution is 7.85. The topological polar surface area (TPSA) is 108 Å². The zero-order chi connectivity index (χ0) is 27.3. The Bertz CT molecular complexity index is 1380. The molecule has 2 aromatic rings. The molecule has 1 unspecified atom stereocenters. The molecule has 0 aliphatic carbocycles. The molecule has 3 amide bonds. The molecule has 3 fully saturated rings. The molecule has 12 heteroatoms. The lowest BCUT2D eigenvalue weighted by atomic mass is 9.88. The summed E-state index contributed by atoms with van der Waals surface area (Å²) in [5.74, 6) is 0.879. The molecular formula is C27H29ClN4O6S. The number of nitrogens with one attached hydrogen (secondary N) is 1. The number of halogens is 1. The van der Waals surface area contributed by atoms with Crippen LogP contribution < -0.4 is 19.7 Å². The molecule has 39 heavy (non-hydrogen) atoms. The molecule has 0 aromatic heterocycles. The van der Waals surface area contributed by atoms with Crippen LogP contribution in [0.2, 0.25) is 5.02 Å². The Morgan fingerprint density at radius 3 is 2.62 bits per heavy atom. The number of amides is 3. The van der Waals surface area contributed by atoms with Crippen molar-refractivity contribution >= 4 is 45.8 Å². The number of fused-ring (bicyclic) bond motifs is 1. The van der Waals surface area contributed by atoms with Gasteiger partial charge in [-0.2, -0.15) is 0 Å². The van der Waals surface area contributed by atoms with Gasteiger partial charge < -0.3 is 29.5 Å². The predicted molar refractivity (Wildman–Crippen MR) is 145 cm³/mol. The minimum atomic E-state index is -1.65. The first kappa shape index (κ1) is 25.9. The number of carbonyl (C=O) groups excluding carboxylic acids is 3. The molecular weight excluding hydrogens is 544 g/mol. The van der Waals surface area contributed by atoms with Gasteiger partial charge in [-0.05, 0) is 43.7 Å². The van der Waals surface area contributed by atoms with E-state index in [1.165, 1.54) is 6.07 Å². The second kappa shape index (κ2) is 10.0. The van der Waals surface area contributed by atoms with E-state index in [-0.39, 0.29) is 46.9 Å². The second-order valence-corrected chi connectivity index (χ2v) is 12.4. The van der Waals surface area contributed by atoms with E-state index < -0.39 is 10.8 Å². The summed E-state index contributed by atoms with van der Waals surface area (Å²) < 4.78 is 23.8. The second-order valence-electron chi connectivity index (χ2n) is 10.5. The lowest BCUT2D eigenvalue weighted by Gasteiger charge is -2.47. The van der Waals surface area contributed by atoms with Gasteiger partial charge >= 0.3 is 0 Å². The Labute approximate surface area is 233 Å². The number of hydrogen-bond donors (Lipinski definition) is 1. The number of rotatable bonds is 5. The fraction of sp³-hybridized carbons (Fsp3) is 0.444. The zero-order valence-corrected chi connectivity index (χ0v) is 23.1. The molecule has 0 saturated carbocycles. The number of benzene rings is 2. The number of carbonyl (C=O) groups is 3. The van der Waals surface area contributed by atoms with Crippen LogP contribution in [0.5, 0.6) is 11.5 Å². The molecule has 1 N–H and O–H groups in total. The van der Waals surface area contributed by atoms with E-state index in [1.807, 2.05) is 18.2 Å². The predicted octanol–water partition coefficient (Wildman–Crippen LogP) is 2.02. The van der Waals surface area contributed by atoms with Gasteiger partial charge in [-0.1, -0.05) is 11.6 Å². The highest BCUT2D eigenvalue weighted by Crippen LogP contribution is 2.36. The standard InChI is InChI=1S/C27H29ClN4O6S/c1-17-12-30(8-9-32(17)19-3-4-21-22(11-19)38-16-37-21)26(35)18-2-5-23(20(28)10-18)39(36)13-25(34)31-14-27(15-31)7-6-24(33)29-27/h2-5,10-11,17H,6-9,12-16H2,1H3,(H,29,33)/t17-,39?/m0/s1. The van der Waals surface area contributed by atoms with Crippen LogP contribution in [0.1, 0.15) is 30.1 Å². The van der Waals surface area contributed by atoms with E-state index in [0.717, 1.165) is 17.2 Å². The SMILES string of the molecule is C[C@H]1CN(C(=O)c2ccc(S(=O)CC(=O)N3CC4(CCC(=O)N4)C3)c(Cl)c2)CCN1c1ccc2c(c1)OCO2. The number of hydrogen-bond acceptors (Lipinski definition) is 7. The third-order valence-corrected chi connectivity index (χ3v) is 9.64. The minimum Gasteiger partial charge on any atom is -0.454 e. The Morgan fingerprint density at radius 1 is 1.10 bits per heavy atom. The summed E-state index contributed by atoms with van der Waals surface area (Å²) in [5.41, 5.74) is 1.11. The molecule has 4 heterocycles. The molecule has 0 bridgehead atoms. The average molecular weight is 573 g/mol. The Morgan fingerprint density at radius 2 is 1.90 bits per heavy atom. The summed E-state index contributed by atoms with van der Waals surface area (Å²) in [6, 6.07) is 10.7. The van der Waals surface area contributed by atoms with Crippen molar-refractivity contribution in [3.05, 3.63) is 47.0 Å². The first-order valence-electron chi connectivity index (χ1n) is 12.9. The van der Waals surface area contributed by atoms with Crippen LogP contribution in [0, 0.1) is 0 Å². The first-order valence-corrected chi connectivity index (χ1v) is 14.6. The average Bonchev–Trinajstić information content (AvgIpc) is 3.53. The third kappa shape index (κ3) is 4.93. The first-order chi connectivity index (χ1) is 18.7.